The lowest BCUT2D eigenvalue weighted by atomic mass is 10.0. The Kier molecular flexibility index (Phi) is 4.26. The molecule has 2 heterocycles. The highest BCUT2D eigenvalue weighted by Gasteiger charge is 2.31. The summed E-state index contributed by atoms with van der Waals surface area (Å²) in [6.45, 7) is 5.86. The molecule has 6 nitrogen and oxygen atoms in total. The summed E-state index contributed by atoms with van der Waals surface area (Å²) >= 11 is 0. The van der Waals surface area contributed by atoms with Gasteiger partial charge in [0.2, 0.25) is 11.2 Å². The second-order valence-corrected chi connectivity index (χ2v) is 6.76. The third-order valence-corrected chi connectivity index (χ3v) is 4.90. The van der Waals surface area contributed by atoms with E-state index in [1.807, 2.05) is 6.92 Å². The molecule has 0 saturated carbocycles. The van der Waals surface area contributed by atoms with Crippen molar-refractivity contribution in [1.29, 1.82) is 0 Å². The fourth-order valence-electron chi connectivity index (χ4n) is 3.49. The van der Waals surface area contributed by atoms with Crippen molar-refractivity contribution >= 4 is 11.0 Å². The van der Waals surface area contributed by atoms with Crippen molar-refractivity contribution in [2.24, 2.45) is 0 Å². The van der Waals surface area contributed by atoms with Gasteiger partial charge in [-0.1, -0.05) is 6.58 Å². The number of hydrogen-bond donors (Lipinski definition) is 1. The second-order valence-electron chi connectivity index (χ2n) is 6.76. The van der Waals surface area contributed by atoms with Gasteiger partial charge in [0.25, 0.3) is 0 Å². The minimum Gasteiger partial charge on any atom is -0.508 e. The number of methoxy groups -OCH3 is 2. The van der Waals surface area contributed by atoms with Gasteiger partial charge in [0.05, 0.1) is 14.2 Å². The van der Waals surface area contributed by atoms with Crippen LogP contribution in [0.4, 0.5) is 0 Å². The van der Waals surface area contributed by atoms with Crippen LogP contribution in [0.15, 0.2) is 51.7 Å². The smallest absolute Gasteiger partial charge is 0.239 e. The van der Waals surface area contributed by atoms with E-state index in [4.69, 9.17) is 18.6 Å². The molecule has 1 aromatic heterocycles. The van der Waals surface area contributed by atoms with Crippen molar-refractivity contribution in [1.82, 2.24) is 0 Å². The molecule has 4 rings (SSSR count). The number of rotatable bonds is 4. The molecular formula is C22H20O6. The first kappa shape index (κ1) is 18.0. The molecule has 0 bridgehead atoms. The van der Waals surface area contributed by atoms with E-state index in [1.54, 1.807) is 18.2 Å². The maximum Gasteiger partial charge on any atom is 0.239 e. The molecule has 1 aliphatic heterocycles. The summed E-state index contributed by atoms with van der Waals surface area (Å²) in [4.78, 5) is 13.2. The number of hydrogen-bond acceptors (Lipinski definition) is 6. The summed E-state index contributed by atoms with van der Waals surface area (Å²) in [6.07, 6.45) is 0.403. The Morgan fingerprint density at radius 3 is 2.46 bits per heavy atom. The van der Waals surface area contributed by atoms with Crippen LogP contribution in [0.1, 0.15) is 12.5 Å². The summed E-state index contributed by atoms with van der Waals surface area (Å²) in [5.41, 5.74) is 2.32. The maximum absolute atomic E-state index is 13.2. The highest BCUT2D eigenvalue weighted by Crippen LogP contribution is 2.44. The molecular weight excluding hydrogens is 360 g/mol. The van der Waals surface area contributed by atoms with E-state index in [0.717, 1.165) is 11.1 Å². The molecule has 2 aromatic carbocycles. The average molecular weight is 380 g/mol. The molecule has 0 aliphatic carbocycles. The highest BCUT2D eigenvalue weighted by molar-refractivity contribution is 5.90. The topological polar surface area (TPSA) is 78.1 Å². The molecule has 3 aromatic rings. The second kappa shape index (κ2) is 6.64. The van der Waals surface area contributed by atoms with Gasteiger partial charge < -0.3 is 23.7 Å². The summed E-state index contributed by atoms with van der Waals surface area (Å²) < 4.78 is 23.0. The van der Waals surface area contributed by atoms with Gasteiger partial charge in [-0.3, -0.25) is 4.79 Å². The first-order valence-corrected chi connectivity index (χ1v) is 8.80. The van der Waals surface area contributed by atoms with E-state index >= 15 is 0 Å². The summed E-state index contributed by atoms with van der Waals surface area (Å²) in [7, 11) is 2.94. The normalized spacial score (nSPS) is 15.2. The SMILES string of the molecule is C=C(C)C1Cc2c(cc3oc(-c4ccc(O)cc4)c(OC)c(=O)c3c2OC)O1. The minimum atomic E-state index is -0.328. The summed E-state index contributed by atoms with van der Waals surface area (Å²) in [6, 6.07) is 8.05. The molecule has 1 aliphatic rings. The molecule has 144 valence electrons. The molecule has 0 radical (unpaired) electrons. The number of phenolic OH excluding ortho intramolecular Hbond substituents is 1. The van der Waals surface area contributed by atoms with Gasteiger partial charge in [-0.2, -0.15) is 0 Å². The van der Waals surface area contributed by atoms with E-state index in [-0.39, 0.29) is 28.8 Å². The zero-order chi connectivity index (χ0) is 20.0. The standard InChI is InChI=1S/C22H20O6/c1-11(2)15-9-14-16(27-15)10-17-18(21(14)25-3)19(24)22(26-4)20(28-17)12-5-7-13(23)8-6-12/h5-8,10,15,23H,1,9H2,2-4H3. The monoisotopic (exact) mass is 380 g/mol. The largest absolute Gasteiger partial charge is 0.508 e. The first-order valence-electron chi connectivity index (χ1n) is 8.80. The molecule has 6 heteroatoms. The van der Waals surface area contributed by atoms with E-state index in [2.05, 4.69) is 6.58 Å². The average Bonchev–Trinajstić information content (AvgIpc) is 3.11. The number of benzene rings is 2. The van der Waals surface area contributed by atoms with Crippen molar-refractivity contribution < 1.29 is 23.7 Å². The predicted molar refractivity (Wildman–Crippen MR) is 106 cm³/mol. The van der Waals surface area contributed by atoms with E-state index < -0.39 is 0 Å². The van der Waals surface area contributed by atoms with Gasteiger partial charge in [-0.05, 0) is 36.8 Å². The Labute approximate surface area is 161 Å². The predicted octanol–water partition coefficient (Wildman–Crippen LogP) is 4.06. The molecule has 0 spiro atoms. The van der Waals surface area contributed by atoms with E-state index in [1.165, 1.54) is 26.4 Å². The van der Waals surface area contributed by atoms with Gasteiger partial charge in [0, 0.05) is 23.6 Å². The molecule has 0 saturated heterocycles. The lowest BCUT2D eigenvalue weighted by Crippen LogP contribution is -2.13. The van der Waals surface area contributed by atoms with E-state index in [0.29, 0.717) is 34.5 Å². The fourth-order valence-corrected chi connectivity index (χ4v) is 3.49. The van der Waals surface area contributed by atoms with Crippen molar-refractivity contribution in [2.45, 2.75) is 19.4 Å². The summed E-state index contributed by atoms with van der Waals surface area (Å²) in [5, 5.41) is 9.85. The zero-order valence-corrected chi connectivity index (χ0v) is 15.9. The fraction of sp³-hybridized carbons (Fsp3) is 0.227. The van der Waals surface area contributed by atoms with Crippen molar-refractivity contribution in [3.05, 3.63) is 58.3 Å². The Morgan fingerprint density at radius 1 is 1.18 bits per heavy atom. The van der Waals surface area contributed by atoms with Crippen molar-refractivity contribution in [3.63, 3.8) is 0 Å². The van der Waals surface area contributed by atoms with Crippen molar-refractivity contribution in [2.75, 3.05) is 14.2 Å². The number of phenols is 1. The number of fused-ring (bicyclic) bond motifs is 2. The minimum absolute atomic E-state index is 0.0757. The van der Waals surface area contributed by atoms with Crippen LogP contribution in [0.5, 0.6) is 23.0 Å². The van der Waals surface area contributed by atoms with Crippen LogP contribution in [0.2, 0.25) is 0 Å². The van der Waals surface area contributed by atoms with Crippen LogP contribution in [0, 0.1) is 0 Å². The lowest BCUT2D eigenvalue weighted by molar-refractivity contribution is 0.271. The quantitative estimate of drug-likeness (QED) is 0.688. The van der Waals surface area contributed by atoms with Crippen LogP contribution in [-0.2, 0) is 6.42 Å². The van der Waals surface area contributed by atoms with Crippen LogP contribution in [0.3, 0.4) is 0 Å². The maximum atomic E-state index is 13.2. The van der Waals surface area contributed by atoms with Gasteiger partial charge in [0.15, 0.2) is 5.76 Å². The molecule has 1 N–H and O–H groups in total. The Balaban J connectivity index is 2.02. The van der Waals surface area contributed by atoms with Crippen LogP contribution < -0.4 is 19.6 Å². The van der Waals surface area contributed by atoms with E-state index in [9.17, 15) is 9.90 Å². The Hall–Kier alpha value is -3.41. The lowest BCUT2D eigenvalue weighted by Gasteiger charge is -2.13. The van der Waals surface area contributed by atoms with Gasteiger partial charge in [-0.25, -0.2) is 0 Å². The molecule has 28 heavy (non-hydrogen) atoms. The summed E-state index contributed by atoms with van der Waals surface area (Å²) in [5.74, 6) is 1.51. The third kappa shape index (κ3) is 2.69. The molecule has 1 atom stereocenters. The molecule has 1 unspecified atom stereocenters. The van der Waals surface area contributed by atoms with Gasteiger partial charge in [-0.15, -0.1) is 0 Å². The van der Waals surface area contributed by atoms with Gasteiger partial charge >= 0.3 is 0 Å². The van der Waals surface area contributed by atoms with Gasteiger partial charge in [0.1, 0.15) is 34.3 Å². The Bertz CT molecular complexity index is 1140. The third-order valence-electron chi connectivity index (χ3n) is 4.90. The van der Waals surface area contributed by atoms with Crippen LogP contribution >= 0.6 is 0 Å². The number of aromatic hydroxyl groups is 1. The highest BCUT2D eigenvalue weighted by atomic mass is 16.5. The zero-order valence-electron chi connectivity index (χ0n) is 15.9. The molecule has 0 fully saturated rings. The van der Waals surface area contributed by atoms with Crippen molar-refractivity contribution in [3.8, 4) is 34.3 Å². The van der Waals surface area contributed by atoms with Crippen LogP contribution in [0.25, 0.3) is 22.3 Å². The first-order chi connectivity index (χ1) is 13.4. The Morgan fingerprint density at radius 2 is 1.86 bits per heavy atom. The number of ether oxygens (including phenoxy) is 3. The molecule has 0 amide bonds. The van der Waals surface area contributed by atoms with Crippen LogP contribution in [-0.4, -0.2) is 25.4 Å².